The lowest BCUT2D eigenvalue weighted by atomic mass is 10.2. The van der Waals surface area contributed by atoms with Crippen molar-refractivity contribution in [2.75, 3.05) is 14.2 Å². The molecule has 9 heteroatoms. The molecule has 4 rings (SSSR count). The second-order valence-corrected chi connectivity index (χ2v) is 8.07. The van der Waals surface area contributed by atoms with Gasteiger partial charge in [-0.1, -0.05) is 12.1 Å². The second kappa shape index (κ2) is 7.92. The van der Waals surface area contributed by atoms with Crippen LogP contribution in [0.1, 0.15) is 15.9 Å². The van der Waals surface area contributed by atoms with Crippen molar-refractivity contribution in [3.63, 3.8) is 0 Å². The van der Waals surface area contributed by atoms with Crippen molar-refractivity contribution in [3.8, 4) is 0 Å². The summed E-state index contributed by atoms with van der Waals surface area (Å²) in [5.41, 5.74) is 3.26. The van der Waals surface area contributed by atoms with Gasteiger partial charge < -0.3 is 4.74 Å². The molecule has 1 aliphatic heterocycles. The molecular formula is C22H20N4O4S. The Balaban J connectivity index is 1.67. The number of aryl methyl sites for hydroxylation is 2. The molecule has 0 saturated carbocycles. The van der Waals surface area contributed by atoms with Crippen LogP contribution < -0.4 is 5.69 Å². The van der Waals surface area contributed by atoms with E-state index in [9.17, 15) is 14.4 Å². The number of amidine groups is 1. The van der Waals surface area contributed by atoms with Crippen LogP contribution in [0.15, 0.2) is 57.2 Å². The van der Waals surface area contributed by atoms with E-state index in [1.54, 1.807) is 60.6 Å². The van der Waals surface area contributed by atoms with Crippen molar-refractivity contribution in [2.24, 2.45) is 19.1 Å². The molecule has 2 aromatic carbocycles. The molecule has 158 valence electrons. The molecule has 31 heavy (non-hydrogen) atoms. The van der Waals surface area contributed by atoms with E-state index in [-0.39, 0.29) is 11.6 Å². The lowest BCUT2D eigenvalue weighted by Crippen LogP contribution is -2.23. The molecule has 3 aromatic rings. The van der Waals surface area contributed by atoms with Gasteiger partial charge in [-0.2, -0.15) is 0 Å². The summed E-state index contributed by atoms with van der Waals surface area (Å²) in [6.07, 6.45) is 1.79. The third-order valence-corrected chi connectivity index (χ3v) is 6.15. The number of hydrogen-bond acceptors (Lipinski definition) is 6. The molecule has 1 saturated heterocycles. The van der Waals surface area contributed by atoms with E-state index in [4.69, 9.17) is 4.74 Å². The number of likely N-dealkylation sites (N-methyl/N-ethyl adjacent to an activating group) is 1. The number of ether oxygens (including phenoxy) is 1. The van der Waals surface area contributed by atoms with Crippen molar-refractivity contribution in [3.05, 3.63) is 69.0 Å². The van der Waals surface area contributed by atoms with Crippen molar-refractivity contribution < 1.29 is 14.3 Å². The molecule has 1 aromatic heterocycles. The molecule has 0 N–H and O–H groups in total. The summed E-state index contributed by atoms with van der Waals surface area (Å²) >= 11 is 1.25. The van der Waals surface area contributed by atoms with Crippen LogP contribution in [-0.4, -0.2) is 45.2 Å². The molecule has 8 nitrogen and oxygen atoms in total. The van der Waals surface area contributed by atoms with Gasteiger partial charge in [-0.15, -0.1) is 0 Å². The van der Waals surface area contributed by atoms with Crippen LogP contribution in [0.5, 0.6) is 0 Å². The Hall–Kier alpha value is -3.59. The zero-order valence-corrected chi connectivity index (χ0v) is 18.3. The highest BCUT2D eigenvalue weighted by molar-refractivity contribution is 8.18. The number of rotatable bonds is 3. The van der Waals surface area contributed by atoms with Crippen LogP contribution in [0.4, 0.5) is 5.69 Å². The standard InChI is InChI=1S/C22H20N4O4S/c1-24-16-9-8-13(10-17(16)25(2)22(24)29)11-18-19(27)26(3)21(31-18)23-15-7-5-6-14(12-15)20(28)30-4/h5-12H,1-4H3. The first kappa shape index (κ1) is 20.7. The minimum Gasteiger partial charge on any atom is -0.465 e. The number of aliphatic imine (C=N–C) groups is 1. The van der Waals surface area contributed by atoms with Gasteiger partial charge in [0, 0.05) is 21.1 Å². The Morgan fingerprint density at radius 1 is 1.03 bits per heavy atom. The van der Waals surface area contributed by atoms with E-state index in [1.807, 2.05) is 18.2 Å². The fourth-order valence-electron chi connectivity index (χ4n) is 3.35. The third kappa shape index (κ3) is 3.68. The van der Waals surface area contributed by atoms with Gasteiger partial charge in [-0.05, 0) is 53.7 Å². The van der Waals surface area contributed by atoms with Crippen LogP contribution in [-0.2, 0) is 23.6 Å². The number of hydrogen-bond donors (Lipinski definition) is 0. The molecule has 0 unspecified atom stereocenters. The maximum absolute atomic E-state index is 12.7. The smallest absolute Gasteiger partial charge is 0.337 e. The molecule has 1 fully saturated rings. The Morgan fingerprint density at radius 2 is 1.77 bits per heavy atom. The number of aromatic nitrogens is 2. The molecule has 0 spiro atoms. The summed E-state index contributed by atoms with van der Waals surface area (Å²) in [6, 6.07) is 12.3. The number of imidazole rings is 1. The monoisotopic (exact) mass is 436 g/mol. The second-order valence-electron chi connectivity index (χ2n) is 7.06. The number of nitrogens with zero attached hydrogens (tertiary/aromatic N) is 4. The van der Waals surface area contributed by atoms with Crippen molar-refractivity contribution >= 4 is 51.6 Å². The predicted octanol–water partition coefficient (Wildman–Crippen LogP) is 2.90. The van der Waals surface area contributed by atoms with Gasteiger partial charge >= 0.3 is 11.7 Å². The summed E-state index contributed by atoms with van der Waals surface area (Å²) in [5.74, 6) is -0.619. The summed E-state index contributed by atoms with van der Waals surface area (Å²) in [5, 5.41) is 0.506. The van der Waals surface area contributed by atoms with E-state index in [1.165, 1.54) is 23.8 Å². The van der Waals surface area contributed by atoms with Gasteiger partial charge in [0.25, 0.3) is 5.91 Å². The Labute approximate surface area is 182 Å². The summed E-state index contributed by atoms with van der Waals surface area (Å²) in [7, 11) is 6.43. The van der Waals surface area contributed by atoms with Crippen LogP contribution in [0.25, 0.3) is 17.1 Å². The molecule has 1 amide bonds. The Kier molecular flexibility index (Phi) is 5.28. The minimum absolute atomic E-state index is 0.102. The first-order valence-corrected chi connectivity index (χ1v) is 10.2. The van der Waals surface area contributed by atoms with Gasteiger partial charge in [-0.3, -0.25) is 18.8 Å². The van der Waals surface area contributed by atoms with E-state index in [0.717, 1.165) is 16.6 Å². The van der Waals surface area contributed by atoms with Crippen molar-refractivity contribution in [1.82, 2.24) is 14.0 Å². The number of fused-ring (bicyclic) bond motifs is 1. The van der Waals surface area contributed by atoms with Gasteiger partial charge in [0.2, 0.25) is 0 Å². The molecule has 0 radical (unpaired) electrons. The Morgan fingerprint density at radius 3 is 2.52 bits per heavy atom. The topological polar surface area (TPSA) is 85.9 Å². The largest absolute Gasteiger partial charge is 0.465 e. The number of carbonyl (C=O) groups excluding carboxylic acids is 2. The van der Waals surface area contributed by atoms with Gasteiger partial charge in [0.1, 0.15) is 0 Å². The average molecular weight is 436 g/mol. The number of carbonyl (C=O) groups is 2. The number of benzene rings is 2. The van der Waals surface area contributed by atoms with Crippen molar-refractivity contribution in [2.45, 2.75) is 0 Å². The highest BCUT2D eigenvalue weighted by atomic mass is 32.2. The number of methoxy groups -OCH3 is 1. The average Bonchev–Trinajstić information content (AvgIpc) is 3.16. The van der Waals surface area contributed by atoms with E-state index in [2.05, 4.69) is 4.99 Å². The maximum Gasteiger partial charge on any atom is 0.337 e. The number of esters is 1. The molecule has 0 bridgehead atoms. The zero-order valence-electron chi connectivity index (χ0n) is 17.4. The fourth-order valence-corrected chi connectivity index (χ4v) is 4.33. The lowest BCUT2D eigenvalue weighted by Gasteiger charge is -2.07. The first-order valence-electron chi connectivity index (χ1n) is 9.40. The minimum atomic E-state index is -0.447. The predicted molar refractivity (Wildman–Crippen MR) is 121 cm³/mol. The van der Waals surface area contributed by atoms with E-state index < -0.39 is 5.97 Å². The highest BCUT2D eigenvalue weighted by Crippen LogP contribution is 2.33. The van der Waals surface area contributed by atoms with Crippen LogP contribution in [0.3, 0.4) is 0 Å². The molecule has 0 atom stereocenters. The number of amides is 1. The van der Waals surface area contributed by atoms with E-state index >= 15 is 0 Å². The van der Waals surface area contributed by atoms with Crippen LogP contribution >= 0.6 is 11.8 Å². The summed E-state index contributed by atoms with van der Waals surface area (Å²) < 4.78 is 7.91. The van der Waals surface area contributed by atoms with Crippen molar-refractivity contribution in [1.29, 1.82) is 0 Å². The third-order valence-electron chi connectivity index (χ3n) is 5.09. The van der Waals surface area contributed by atoms with Crippen LogP contribution in [0, 0.1) is 0 Å². The quantitative estimate of drug-likeness (QED) is 0.466. The normalized spacial score (nSPS) is 16.6. The van der Waals surface area contributed by atoms with Gasteiger partial charge in [0.05, 0.1) is 34.3 Å². The highest BCUT2D eigenvalue weighted by Gasteiger charge is 2.30. The first-order chi connectivity index (χ1) is 14.8. The number of thioether (sulfide) groups is 1. The Bertz CT molecular complexity index is 1350. The van der Waals surface area contributed by atoms with E-state index in [0.29, 0.717) is 21.3 Å². The zero-order chi connectivity index (χ0) is 22.3. The van der Waals surface area contributed by atoms with Crippen LogP contribution in [0.2, 0.25) is 0 Å². The molecule has 1 aliphatic rings. The summed E-state index contributed by atoms with van der Waals surface area (Å²) in [4.78, 5) is 43.1. The maximum atomic E-state index is 12.7. The van der Waals surface area contributed by atoms with Gasteiger partial charge in [-0.25, -0.2) is 14.6 Å². The molecular weight excluding hydrogens is 416 g/mol. The fraction of sp³-hybridized carbons (Fsp3) is 0.182. The molecule has 2 heterocycles. The SMILES string of the molecule is COC(=O)c1cccc(N=C2SC(=Cc3ccc4c(c3)n(C)c(=O)n4C)C(=O)N2C)c1. The van der Waals surface area contributed by atoms with Gasteiger partial charge in [0.15, 0.2) is 5.17 Å². The molecule has 0 aliphatic carbocycles. The lowest BCUT2D eigenvalue weighted by molar-refractivity contribution is -0.121. The summed E-state index contributed by atoms with van der Waals surface area (Å²) in [6.45, 7) is 0.